The Morgan fingerprint density at radius 1 is 0.765 bits per heavy atom. The number of amides is 1. The molecule has 1 amide bonds. The lowest BCUT2D eigenvalue weighted by Gasteiger charge is -2.57. The van der Waals surface area contributed by atoms with Gasteiger partial charge in [-0.3, -0.25) is 14.4 Å². The Labute approximate surface area is 306 Å². The summed E-state index contributed by atoms with van der Waals surface area (Å²) in [5.74, 6) is 2.18. The van der Waals surface area contributed by atoms with E-state index in [1.165, 1.54) is 12.8 Å². The lowest BCUT2D eigenvalue weighted by atomic mass is 9.69. The highest BCUT2D eigenvalue weighted by molar-refractivity contribution is 6.03. The van der Waals surface area contributed by atoms with Crippen molar-refractivity contribution in [3.05, 3.63) is 53.6 Å². The van der Waals surface area contributed by atoms with Crippen LogP contribution < -0.4 is 19.5 Å². The van der Waals surface area contributed by atoms with Gasteiger partial charge < -0.3 is 24.4 Å². The third-order valence-corrected chi connectivity index (χ3v) is 12.5. The van der Waals surface area contributed by atoms with Crippen molar-refractivity contribution < 1.29 is 28.6 Å². The molecule has 0 radical (unpaired) electrons. The molecule has 1 unspecified atom stereocenters. The molecule has 1 N–H and O–H groups in total. The first-order valence-corrected chi connectivity index (χ1v) is 19.8. The molecule has 1 aliphatic heterocycles. The molecule has 0 bridgehead atoms. The lowest BCUT2D eigenvalue weighted by molar-refractivity contribution is -0.176. The summed E-state index contributed by atoms with van der Waals surface area (Å²) in [5.41, 5.74) is -0.0550. The van der Waals surface area contributed by atoms with E-state index in [0.717, 1.165) is 69.8 Å². The molecule has 2 aromatic carbocycles. The first-order chi connectivity index (χ1) is 24.6. The van der Waals surface area contributed by atoms with Crippen LogP contribution in [0.1, 0.15) is 140 Å². The van der Waals surface area contributed by atoms with E-state index in [-0.39, 0.29) is 41.4 Å². The molecule has 3 fully saturated rings. The van der Waals surface area contributed by atoms with E-state index in [0.29, 0.717) is 48.7 Å². The summed E-state index contributed by atoms with van der Waals surface area (Å²) < 4.78 is 16.8. The first-order valence-electron chi connectivity index (χ1n) is 19.8. The van der Waals surface area contributed by atoms with Gasteiger partial charge in [0.2, 0.25) is 5.91 Å². The van der Waals surface area contributed by atoms with Gasteiger partial charge in [0.25, 0.3) is 0 Å². The van der Waals surface area contributed by atoms with Crippen LogP contribution in [0.3, 0.4) is 0 Å². The van der Waals surface area contributed by atoms with Crippen molar-refractivity contribution >= 4 is 17.5 Å². The van der Waals surface area contributed by atoms with Crippen LogP contribution in [0.2, 0.25) is 0 Å². The number of β-lactam (4-membered cyclic amide) rings is 1. The number of ether oxygens (including phenoxy) is 3. The molecule has 2 saturated carbocycles. The fraction of sp³-hybridized carbons (Fsp3) is 0.651. The smallest absolute Gasteiger partial charge is 0.228 e. The summed E-state index contributed by atoms with van der Waals surface area (Å²) in [5, 5.41) is 3.88. The molecule has 280 valence electrons. The number of methoxy groups -OCH3 is 2. The lowest BCUT2D eigenvalue weighted by Crippen LogP contribution is -2.72. The van der Waals surface area contributed by atoms with Crippen molar-refractivity contribution in [2.45, 2.75) is 154 Å². The SMILES string of the molecule is CCC(CC)(N[C@H]1CCCCCC[C@H]1C(=O)C(C)(CC)N1C(=O)[C@@H]2CCCCCC[C@@H]21)C(=O)c1ccc(COc2cc(OC)cc(OC)c2)cc1. The third-order valence-electron chi connectivity index (χ3n) is 12.5. The summed E-state index contributed by atoms with van der Waals surface area (Å²) >= 11 is 0. The van der Waals surface area contributed by atoms with Crippen LogP contribution in [0.5, 0.6) is 17.2 Å². The van der Waals surface area contributed by atoms with E-state index < -0.39 is 11.1 Å². The Kier molecular flexibility index (Phi) is 13.3. The van der Waals surface area contributed by atoms with Crippen molar-refractivity contribution in [3.63, 3.8) is 0 Å². The van der Waals surface area contributed by atoms with Crippen molar-refractivity contribution in [1.82, 2.24) is 10.2 Å². The summed E-state index contributed by atoms with van der Waals surface area (Å²) in [4.78, 5) is 45.2. The quantitative estimate of drug-likeness (QED) is 0.146. The monoisotopic (exact) mass is 702 g/mol. The maximum Gasteiger partial charge on any atom is 0.228 e. The van der Waals surface area contributed by atoms with Gasteiger partial charge in [-0.25, -0.2) is 0 Å². The van der Waals surface area contributed by atoms with Gasteiger partial charge in [0.15, 0.2) is 11.6 Å². The predicted octanol–water partition coefficient (Wildman–Crippen LogP) is 8.87. The predicted molar refractivity (Wildman–Crippen MR) is 202 cm³/mol. The number of fused-ring (bicyclic) bond motifs is 1. The molecule has 5 atom stereocenters. The molecule has 51 heavy (non-hydrogen) atoms. The maximum atomic E-state index is 15.0. The van der Waals surface area contributed by atoms with Crippen LogP contribution in [-0.2, 0) is 16.2 Å². The summed E-state index contributed by atoms with van der Waals surface area (Å²) in [6.45, 7) is 8.58. The number of rotatable bonds is 15. The van der Waals surface area contributed by atoms with Gasteiger partial charge >= 0.3 is 0 Å². The summed E-state index contributed by atoms with van der Waals surface area (Å²) in [6.07, 6.45) is 14.3. The molecular formula is C43H62N2O6. The highest BCUT2D eigenvalue weighted by Crippen LogP contribution is 2.44. The van der Waals surface area contributed by atoms with E-state index in [4.69, 9.17) is 14.2 Å². The number of hydrogen-bond donors (Lipinski definition) is 1. The van der Waals surface area contributed by atoms with Crippen molar-refractivity contribution in [1.29, 1.82) is 0 Å². The Morgan fingerprint density at radius 3 is 1.92 bits per heavy atom. The third kappa shape index (κ3) is 8.32. The molecule has 0 aromatic heterocycles. The first kappa shape index (κ1) is 38.8. The fourth-order valence-corrected chi connectivity index (χ4v) is 9.02. The van der Waals surface area contributed by atoms with Crippen LogP contribution in [0.15, 0.2) is 42.5 Å². The second kappa shape index (κ2) is 17.4. The topological polar surface area (TPSA) is 94.2 Å². The second-order valence-corrected chi connectivity index (χ2v) is 15.4. The minimum Gasteiger partial charge on any atom is -0.496 e. The number of carbonyl (C=O) groups excluding carboxylic acids is 3. The minimum atomic E-state index is -0.833. The highest BCUT2D eigenvalue weighted by atomic mass is 16.5. The van der Waals surface area contributed by atoms with Crippen molar-refractivity contribution in [3.8, 4) is 17.2 Å². The number of hydrogen-bond acceptors (Lipinski definition) is 7. The van der Waals surface area contributed by atoms with Crippen LogP contribution >= 0.6 is 0 Å². The minimum absolute atomic E-state index is 0.0549. The van der Waals surface area contributed by atoms with Crippen molar-refractivity contribution in [2.75, 3.05) is 14.2 Å². The van der Waals surface area contributed by atoms with Gasteiger partial charge in [-0.2, -0.15) is 0 Å². The molecular weight excluding hydrogens is 640 g/mol. The molecule has 1 saturated heterocycles. The normalized spacial score (nSPS) is 24.0. The Balaban J connectivity index is 1.34. The highest BCUT2D eigenvalue weighted by Gasteiger charge is 2.57. The van der Waals surface area contributed by atoms with Crippen LogP contribution in [0, 0.1) is 11.8 Å². The van der Waals surface area contributed by atoms with E-state index in [1.807, 2.05) is 48.2 Å². The van der Waals surface area contributed by atoms with E-state index in [9.17, 15) is 14.4 Å². The molecule has 2 aliphatic carbocycles. The zero-order valence-corrected chi connectivity index (χ0v) is 32.1. The molecule has 2 aromatic rings. The van der Waals surface area contributed by atoms with Crippen LogP contribution in [-0.4, -0.2) is 59.8 Å². The standard InChI is InChI=1S/C43H62N2O6/c1-7-42(4,45-38-21-17-13-11-15-19-36(38)41(45)48)40(47)35-18-14-10-12-16-20-37(35)44-43(8-2,9-3)39(46)31-24-22-30(23-25-31)29-51-34-27-32(49-5)26-33(28-34)50-6/h22-28,35-38,44H,7-21,29H2,1-6H3/t35-,36-,37+,38+,42?/m1/s1. The van der Waals surface area contributed by atoms with Crippen LogP contribution in [0.25, 0.3) is 0 Å². The van der Waals surface area contributed by atoms with Gasteiger partial charge in [0.1, 0.15) is 23.9 Å². The van der Waals surface area contributed by atoms with E-state index in [1.54, 1.807) is 20.3 Å². The number of nitrogens with one attached hydrogen (secondary N) is 1. The average Bonchev–Trinajstić information content (AvgIpc) is 3.14. The Bertz CT molecular complexity index is 1460. The van der Waals surface area contributed by atoms with Gasteiger partial charge in [-0.15, -0.1) is 0 Å². The molecule has 8 nitrogen and oxygen atoms in total. The van der Waals surface area contributed by atoms with E-state index >= 15 is 0 Å². The molecule has 8 heteroatoms. The second-order valence-electron chi connectivity index (χ2n) is 15.4. The fourth-order valence-electron chi connectivity index (χ4n) is 9.02. The van der Waals surface area contributed by atoms with Gasteiger partial charge in [-0.05, 0) is 57.4 Å². The number of benzene rings is 2. The number of Topliss-reactive ketones (excluding diaryl/α,β-unsaturated/α-hetero) is 2. The van der Waals surface area contributed by atoms with Crippen LogP contribution in [0.4, 0.5) is 0 Å². The van der Waals surface area contributed by atoms with E-state index in [2.05, 4.69) is 26.1 Å². The maximum absolute atomic E-state index is 15.0. The summed E-state index contributed by atoms with van der Waals surface area (Å²) in [6, 6.07) is 13.1. The number of likely N-dealkylation sites (tertiary alicyclic amines) is 1. The molecule has 1 heterocycles. The number of nitrogens with zero attached hydrogens (tertiary/aromatic N) is 1. The average molecular weight is 703 g/mol. The number of carbonyl (C=O) groups is 3. The van der Waals surface area contributed by atoms with Gasteiger partial charge in [0, 0.05) is 41.8 Å². The molecule has 5 rings (SSSR count). The number of ketones is 2. The Hall–Kier alpha value is -3.39. The van der Waals surface area contributed by atoms with Crippen molar-refractivity contribution in [2.24, 2.45) is 11.8 Å². The Morgan fingerprint density at radius 2 is 1.33 bits per heavy atom. The summed E-state index contributed by atoms with van der Waals surface area (Å²) in [7, 11) is 3.21. The van der Waals surface area contributed by atoms with Gasteiger partial charge in [-0.1, -0.05) is 96.4 Å². The largest absolute Gasteiger partial charge is 0.496 e. The van der Waals surface area contributed by atoms with Gasteiger partial charge in [0.05, 0.1) is 31.2 Å². The zero-order chi connectivity index (χ0) is 36.6. The molecule has 0 spiro atoms. The zero-order valence-electron chi connectivity index (χ0n) is 32.1. The molecule has 3 aliphatic rings.